The normalized spacial score (nSPS) is 12.5. The highest BCUT2D eigenvalue weighted by Gasteiger charge is 2.10. The van der Waals surface area contributed by atoms with E-state index in [-0.39, 0.29) is 24.0 Å². The molecule has 1 aromatic rings. The van der Waals surface area contributed by atoms with Gasteiger partial charge in [-0.3, -0.25) is 9.89 Å². The van der Waals surface area contributed by atoms with Gasteiger partial charge in [0.15, 0.2) is 5.96 Å². The Balaban J connectivity index is 0.00000529. The molecule has 6 heteroatoms. The molecular weight excluding hydrogens is 415 g/mol. The highest BCUT2D eigenvalue weighted by Crippen LogP contribution is 2.11. The number of methoxy groups -OCH3 is 1. The van der Waals surface area contributed by atoms with Crippen LogP contribution < -0.4 is 15.4 Å². The summed E-state index contributed by atoms with van der Waals surface area (Å²) in [5.41, 5.74) is 1.28. The molecule has 0 spiro atoms. The number of rotatable bonds is 9. The lowest BCUT2D eigenvalue weighted by Crippen LogP contribution is -2.46. The Labute approximate surface area is 164 Å². The summed E-state index contributed by atoms with van der Waals surface area (Å²) in [6.07, 6.45) is 0.955. The van der Waals surface area contributed by atoms with Crippen LogP contribution in [0.25, 0.3) is 0 Å². The fourth-order valence-corrected chi connectivity index (χ4v) is 2.56. The largest absolute Gasteiger partial charge is 0.497 e. The van der Waals surface area contributed by atoms with Crippen LogP contribution in [-0.4, -0.2) is 57.2 Å². The van der Waals surface area contributed by atoms with Crippen LogP contribution in [0.1, 0.15) is 26.3 Å². The number of aliphatic imine (C=N–C) groups is 1. The Morgan fingerprint density at radius 1 is 1.17 bits per heavy atom. The second kappa shape index (κ2) is 13.3. The van der Waals surface area contributed by atoms with E-state index in [0.29, 0.717) is 6.04 Å². The molecule has 0 saturated heterocycles. The zero-order valence-corrected chi connectivity index (χ0v) is 18.0. The molecule has 0 aliphatic heterocycles. The topological polar surface area (TPSA) is 48.9 Å². The Bertz CT molecular complexity index is 461. The van der Waals surface area contributed by atoms with Gasteiger partial charge in [-0.1, -0.05) is 26.0 Å². The van der Waals surface area contributed by atoms with Gasteiger partial charge < -0.3 is 15.4 Å². The molecule has 0 aliphatic rings. The van der Waals surface area contributed by atoms with Crippen LogP contribution >= 0.6 is 24.0 Å². The maximum atomic E-state index is 5.17. The molecule has 0 amide bonds. The van der Waals surface area contributed by atoms with Crippen molar-refractivity contribution in [1.82, 2.24) is 15.5 Å². The summed E-state index contributed by atoms with van der Waals surface area (Å²) >= 11 is 0. The van der Waals surface area contributed by atoms with Crippen LogP contribution in [-0.2, 0) is 6.42 Å². The Kier molecular flexibility index (Phi) is 12.7. The second-order valence-corrected chi connectivity index (χ2v) is 5.55. The van der Waals surface area contributed by atoms with Gasteiger partial charge in [-0.05, 0) is 44.1 Å². The maximum absolute atomic E-state index is 5.17. The van der Waals surface area contributed by atoms with Crippen LogP contribution in [0.4, 0.5) is 0 Å². The predicted molar refractivity (Wildman–Crippen MR) is 114 cm³/mol. The molecule has 5 nitrogen and oxygen atoms in total. The van der Waals surface area contributed by atoms with Gasteiger partial charge in [-0.2, -0.15) is 0 Å². The third-order valence-corrected chi connectivity index (χ3v) is 4.09. The van der Waals surface area contributed by atoms with E-state index in [9.17, 15) is 0 Å². The molecule has 2 N–H and O–H groups in total. The van der Waals surface area contributed by atoms with Crippen molar-refractivity contribution in [2.45, 2.75) is 33.2 Å². The lowest BCUT2D eigenvalue weighted by molar-refractivity contribution is 0.231. The first-order valence-electron chi connectivity index (χ1n) is 8.46. The van der Waals surface area contributed by atoms with Crippen molar-refractivity contribution in [1.29, 1.82) is 0 Å². The van der Waals surface area contributed by atoms with Crippen molar-refractivity contribution in [3.05, 3.63) is 29.8 Å². The van der Waals surface area contributed by atoms with Gasteiger partial charge in [0.05, 0.1) is 7.11 Å². The average molecular weight is 448 g/mol. The zero-order chi connectivity index (χ0) is 17.1. The van der Waals surface area contributed by atoms with Crippen LogP contribution in [0, 0.1) is 0 Å². The summed E-state index contributed by atoms with van der Waals surface area (Å²) in [5, 5.41) is 6.77. The highest BCUT2D eigenvalue weighted by atomic mass is 127. The summed E-state index contributed by atoms with van der Waals surface area (Å²) in [7, 11) is 3.50. The van der Waals surface area contributed by atoms with E-state index in [4.69, 9.17) is 4.74 Å². The van der Waals surface area contributed by atoms with E-state index in [2.05, 4.69) is 53.4 Å². The van der Waals surface area contributed by atoms with Gasteiger partial charge in [0, 0.05) is 26.2 Å². The predicted octanol–water partition coefficient (Wildman–Crippen LogP) is 2.75. The number of likely N-dealkylation sites (N-methyl/N-ethyl adjacent to an activating group) is 1. The first-order valence-corrected chi connectivity index (χ1v) is 8.46. The van der Waals surface area contributed by atoms with E-state index in [1.54, 1.807) is 7.11 Å². The monoisotopic (exact) mass is 448 g/mol. The van der Waals surface area contributed by atoms with Gasteiger partial charge in [0.25, 0.3) is 0 Å². The van der Waals surface area contributed by atoms with E-state index in [0.717, 1.165) is 44.3 Å². The number of halogens is 1. The Morgan fingerprint density at radius 2 is 1.79 bits per heavy atom. The van der Waals surface area contributed by atoms with Crippen LogP contribution in [0.2, 0.25) is 0 Å². The molecule has 1 atom stereocenters. The number of nitrogens with one attached hydrogen (secondary N) is 2. The summed E-state index contributed by atoms with van der Waals surface area (Å²) < 4.78 is 5.17. The Morgan fingerprint density at radius 3 is 2.29 bits per heavy atom. The molecular formula is C18H33IN4O. The third-order valence-electron chi connectivity index (χ3n) is 4.09. The second-order valence-electron chi connectivity index (χ2n) is 5.55. The van der Waals surface area contributed by atoms with Crippen molar-refractivity contribution >= 4 is 29.9 Å². The SMILES string of the molecule is CCN(CC)C(C)CNC(=NC)NCCc1ccc(OC)cc1.I. The number of ether oxygens (including phenoxy) is 1. The minimum absolute atomic E-state index is 0. The first kappa shape index (κ1) is 23.0. The lowest BCUT2D eigenvalue weighted by atomic mass is 10.1. The molecule has 1 unspecified atom stereocenters. The number of nitrogens with zero attached hydrogens (tertiary/aromatic N) is 2. The van der Waals surface area contributed by atoms with Gasteiger partial charge in [0.1, 0.15) is 5.75 Å². The minimum atomic E-state index is 0. The molecule has 0 heterocycles. The van der Waals surface area contributed by atoms with E-state index in [1.165, 1.54) is 5.56 Å². The van der Waals surface area contributed by atoms with Crippen molar-refractivity contribution in [2.24, 2.45) is 4.99 Å². The molecule has 0 bridgehead atoms. The third kappa shape index (κ3) is 8.19. The first-order chi connectivity index (χ1) is 11.1. The van der Waals surface area contributed by atoms with Gasteiger partial charge in [-0.25, -0.2) is 0 Å². The fraction of sp³-hybridized carbons (Fsp3) is 0.611. The summed E-state index contributed by atoms with van der Waals surface area (Å²) in [6, 6.07) is 8.67. The maximum Gasteiger partial charge on any atom is 0.191 e. The van der Waals surface area contributed by atoms with E-state index in [1.807, 2.05) is 19.2 Å². The van der Waals surface area contributed by atoms with Crippen molar-refractivity contribution in [2.75, 3.05) is 40.3 Å². The minimum Gasteiger partial charge on any atom is -0.497 e. The molecule has 0 radical (unpaired) electrons. The van der Waals surface area contributed by atoms with Crippen molar-refractivity contribution in [3.8, 4) is 5.75 Å². The van der Waals surface area contributed by atoms with Crippen molar-refractivity contribution in [3.63, 3.8) is 0 Å². The fourth-order valence-electron chi connectivity index (χ4n) is 2.56. The number of benzene rings is 1. The zero-order valence-electron chi connectivity index (χ0n) is 15.6. The van der Waals surface area contributed by atoms with Gasteiger partial charge in [0.2, 0.25) is 0 Å². The quantitative estimate of drug-likeness (QED) is 0.347. The van der Waals surface area contributed by atoms with Gasteiger partial charge in [-0.15, -0.1) is 24.0 Å². The summed E-state index contributed by atoms with van der Waals surface area (Å²) in [6.45, 7) is 10.5. The van der Waals surface area contributed by atoms with E-state index < -0.39 is 0 Å². The summed E-state index contributed by atoms with van der Waals surface area (Å²) in [4.78, 5) is 6.71. The van der Waals surface area contributed by atoms with Crippen LogP contribution in [0.5, 0.6) is 5.75 Å². The molecule has 0 aromatic heterocycles. The lowest BCUT2D eigenvalue weighted by Gasteiger charge is -2.27. The Hall–Kier alpha value is -1.02. The number of hydrogen-bond donors (Lipinski definition) is 2. The molecule has 0 fully saturated rings. The number of hydrogen-bond acceptors (Lipinski definition) is 3. The standard InChI is InChI=1S/C18H32N4O.HI/c1-6-22(7-2)15(3)14-21-18(19-4)20-13-12-16-8-10-17(23-5)11-9-16;/h8-11,15H,6-7,12-14H2,1-5H3,(H2,19,20,21);1H. The van der Waals surface area contributed by atoms with Crippen LogP contribution in [0.3, 0.4) is 0 Å². The van der Waals surface area contributed by atoms with E-state index >= 15 is 0 Å². The molecule has 1 aromatic carbocycles. The summed E-state index contributed by atoms with van der Waals surface area (Å²) in [5.74, 6) is 1.75. The van der Waals surface area contributed by atoms with Gasteiger partial charge >= 0.3 is 0 Å². The molecule has 1 rings (SSSR count). The smallest absolute Gasteiger partial charge is 0.191 e. The average Bonchev–Trinajstić information content (AvgIpc) is 2.59. The molecule has 24 heavy (non-hydrogen) atoms. The molecule has 0 saturated carbocycles. The van der Waals surface area contributed by atoms with Crippen LogP contribution in [0.15, 0.2) is 29.3 Å². The number of guanidine groups is 1. The molecule has 0 aliphatic carbocycles. The highest BCUT2D eigenvalue weighted by molar-refractivity contribution is 14.0. The van der Waals surface area contributed by atoms with Crippen molar-refractivity contribution < 1.29 is 4.74 Å². The molecule has 138 valence electrons.